The van der Waals surface area contributed by atoms with E-state index in [9.17, 15) is 9.90 Å². The fourth-order valence-corrected chi connectivity index (χ4v) is 2.32. The first-order chi connectivity index (χ1) is 10.5. The SMILES string of the molecule is O=C(Cc1ccc(Cl)cc1)N/N=C\c1cc(Cl)cc(Cl)c1O. The van der Waals surface area contributed by atoms with E-state index in [0.717, 1.165) is 5.56 Å². The van der Waals surface area contributed by atoms with Crippen molar-refractivity contribution < 1.29 is 9.90 Å². The van der Waals surface area contributed by atoms with E-state index >= 15 is 0 Å². The number of halogens is 3. The molecule has 0 fully saturated rings. The van der Waals surface area contributed by atoms with E-state index in [1.54, 1.807) is 24.3 Å². The van der Waals surface area contributed by atoms with E-state index in [2.05, 4.69) is 10.5 Å². The molecule has 114 valence electrons. The molecule has 0 heterocycles. The van der Waals surface area contributed by atoms with Gasteiger partial charge in [-0.15, -0.1) is 0 Å². The van der Waals surface area contributed by atoms with Crippen LogP contribution in [0.4, 0.5) is 0 Å². The molecular weight excluding hydrogens is 347 g/mol. The Morgan fingerprint density at radius 1 is 1.14 bits per heavy atom. The Balaban J connectivity index is 1.97. The lowest BCUT2D eigenvalue weighted by atomic mass is 10.1. The molecule has 0 unspecified atom stereocenters. The molecule has 0 saturated heterocycles. The summed E-state index contributed by atoms with van der Waals surface area (Å²) in [5.74, 6) is -0.451. The summed E-state index contributed by atoms with van der Waals surface area (Å²) >= 11 is 17.4. The Kier molecular flexibility index (Phi) is 5.66. The number of nitrogens with zero attached hydrogens (tertiary/aromatic N) is 1. The third-order valence-corrected chi connectivity index (χ3v) is 3.49. The van der Waals surface area contributed by atoms with Gasteiger partial charge in [0, 0.05) is 15.6 Å². The van der Waals surface area contributed by atoms with Crippen LogP contribution < -0.4 is 5.43 Å². The van der Waals surface area contributed by atoms with Gasteiger partial charge in [0.1, 0.15) is 5.75 Å². The predicted molar refractivity (Wildman–Crippen MR) is 89.0 cm³/mol. The topological polar surface area (TPSA) is 61.7 Å². The fourth-order valence-electron chi connectivity index (χ4n) is 1.69. The zero-order chi connectivity index (χ0) is 16.1. The minimum Gasteiger partial charge on any atom is -0.506 e. The van der Waals surface area contributed by atoms with E-state index in [1.165, 1.54) is 18.3 Å². The first kappa shape index (κ1) is 16.6. The molecule has 0 spiro atoms. The maximum absolute atomic E-state index is 11.7. The summed E-state index contributed by atoms with van der Waals surface area (Å²) in [4.78, 5) is 11.7. The van der Waals surface area contributed by atoms with Gasteiger partial charge in [-0.3, -0.25) is 4.79 Å². The number of benzene rings is 2. The first-order valence-corrected chi connectivity index (χ1v) is 7.33. The monoisotopic (exact) mass is 356 g/mol. The van der Waals surface area contributed by atoms with Gasteiger partial charge in [0.2, 0.25) is 5.91 Å². The van der Waals surface area contributed by atoms with Crippen molar-refractivity contribution in [1.29, 1.82) is 0 Å². The molecule has 7 heteroatoms. The smallest absolute Gasteiger partial charge is 0.244 e. The summed E-state index contributed by atoms with van der Waals surface area (Å²) in [7, 11) is 0. The molecule has 2 rings (SSSR count). The molecule has 0 radical (unpaired) electrons. The molecule has 0 aliphatic carbocycles. The van der Waals surface area contributed by atoms with Crippen molar-refractivity contribution in [3.63, 3.8) is 0 Å². The molecule has 0 saturated carbocycles. The normalized spacial score (nSPS) is 10.9. The number of amides is 1. The predicted octanol–water partition coefficient (Wildman–Crippen LogP) is 4.05. The number of hydrogen-bond donors (Lipinski definition) is 2. The van der Waals surface area contributed by atoms with Crippen LogP contribution in [-0.4, -0.2) is 17.2 Å². The molecule has 4 nitrogen and oxygen atoms in total. The van der Waals surface area contributed by atoms with Gasteiger partial charge in [-0.1, -0.05) is 46.9 Å². The van der Waals surface area contributed by atoms with E-state index in [0.29, 0.717) is 15.6 Å². The van der Waals surface area contributed by atoms with Crippen molar-refractivity contribution in [2.24, 2.45) is 5.10 Å². The second kappa shape index (κ2) is 7.49. The molecule has 22 heavy (non-hydrogen) atoms. The second-order valence-corrected chi connectivity index (χ2v) is 5.70. The number of phenolic OH excluding ortho intramolecular Hbond substituents is 1. The average Bonchev–Trinajstić information content (AvgIpc) is 2.46. The number of aromatic hydroxyl groups is 1. The lowest BCUT2D eigenvalue weighted by Gasteiger charge is -2.03. The van der Waals surface area contributed by atoms with Gasteiger partial charge in [-0.05, 0) is 29.8 Å². The molecule has 1 amide bonds. The van der Waals surface area contributed by atoms with Crippen molar-refractivity contribution in [3.8, 4) is 5.75 Å². The van der Waals surface area contributed by atoms with Crippen LogP contribution in [-0.2, 0) is 11.2 Å². The number of carbonyl (C=O) groups is 1. The third-order valence-electron chi connectivity index (χ3n) is 2.73. The number of hydrogen-bond acceptors (Lipinski definition) is 3. The summed E-state index contributed by atoms with van der Waals surface area (Å²) in [6.07, 6.45) is 1.43. The van der Waals surface area contributed by atoms with Crippen molar-refractivity contribution in [3.05, 3.63) is 62.6 Å². The molecule has 0 aliphatic rings. The highest BCUT2D eigenvalue weighted by atomic mass is 35.5. The molecule has 0 aliphatic heterocycles. The summed E-state index contributed by atoms with van der Waals surface area (Å²) in [6, 6.07) is 9.83. The van der Waals surface area contributed by atoms with Gasteiger partial charge in [0.05, 0.1) is 17.7 Å². The van der Waals surface area contributed by atoms with E-state index in [-0.39, 0.29) is 23.1 Å². The minimum absolute atomic E-state index is 0.112. The van der Waals surface area contributed by atoms with Gasteiger partial charge in [-0.25, -0.2) is 5.43 Å². The molecule has 2 aromatic carbocycles. The second-order valence-electron chi connectivity index (χ2n) is 4.42. The first-order valence-electron chi connectivity index (χ1n) is 6.20. The highest BCUT2D eigenvalue weighted by Gasteiger charge is 2.06. The highest BCUT2D eigenvalue weighted by molar-refractivity contribution is 6.36. The van der Waals surface area contributed by atoms with Gasteiger partial charge < -0.3 is 5.11 Å². The van der Waals surface area contributed by atoms with E-state index < -0.39 is 0 Å². The van der Waals surface area contributed by atoms with Crippen LogP contribution >= 0.6 is 34.8 Å². The Bertz CT molecular complexity index is 715. The van der Waals surface area contributed by atoms with Crippen LogP contribution in [0.1, 0.15) is 11.1 Å². The highest BCUT2D eigenvalue weighted by Crippen LogP contribution is 2.29. The minimum atomic E-state index is -0.300. The average molecular weight is 358 g/mol. The van der Waals surface area contributed by atoms with Crippen LogP contribution in [0, 0.1) is 0 Å². The van der Waals surface area contributed by atoms with Gasteiger partial charge >= 0.3 is 0 Å². The maximum Gasteiger partial charge on any atom is 0.244 e. The summed E-state index contributed by atoms with van der Waals surface area (Å²) in [6.45, 7) is 0. The van der Waals surface area contributed by atoms with Crippen molar-refractivity contribution >= 4 is 46.9 Å². The van der Waals surface area contributed by atoms with Crippen LogP contribution in [0.25, 0.3) is 0 Å². The quantitative estimate of drug-likeness (QED) is 0.640. The lowest BCUT2D eigenvalue weighted by molar-refractivity contribution is -0.120. The number of nitrogens with one attached hydrogen (secondary N) is 1. The van der Waals surface area contributed by atoms with Crippen LogP contribution in [0.2, 0.25) is 15.1 Å². The molecule has 0 atom stereocenters. The molecule has 0 bridgehead atoms. The van der Waals surface area contributed by atoms with Crippen molar-refractivity contribution in [1.82, 2.24) is 5.43 Å². The van der Waals surface area contributed by atoms with Crippen LogP contribution in [0.3, 0.4) is 0 Å². The van der Waals surface area contributed by atoms with E-state index in [1.807, 2.05) is 0 Å². The number of rotatable bonds is 4. The lowest BCUT2D eigenvalue weighted by Crippen LogP contribution is -2.19. The van der Waals surface area contributed by atoms with E-state index in [4.69, 9.17) is 34.8 Å². The van der Waals surface area contributed by atoms with Gasteiger partial charge in [0.25, 0.3) is 0 Å². The largest absolute Gasteiger partial charge is 0.506 e. The number of phenols is 1. The van der Waals surface area contributed by atoms with Gasteiger partial charge in [-0.2, -0.15) is 5.10 Å². The zero-order valence-electron chi connectivity index (χ0n) is 11.2. The van der Waals surface area contributed by atoms with Crippen molar-refractivity contribution in [2.75, 3.05) is 0 Å². The Morgan fingerprint density at radius 2 is 1.82 bits per heavy atom. The molecular formula is C15H11Cl3N2O2. The molecule has 0 aromatic heterocycles. The Hall–Kier alpha value is -1.75. The third kappa shape index (κ3) is 4.63. The standard InChI is InChI=1S/C15H11Cl3N2O2/c16-11-3-1-9(2-4-11)5-14(21)20-19-8-10-6-12(17)7-13(18)15(10)22/h1-4,6-8,22H,5H2,(H,20,21)/b19-8-. The zero-order valence-corrected chi connectivity index (χ0v) is 13.5. The fraction of sp³-hybridized carbons (Fsp3) is 0.0667. The van der Waals surface area contributed by atoms with Gasteiger partial charge in [0.15, 0.2) is 0 Å². The van der Waals surface area contributed by atoms with Crippen LogP contribution in [0.15, 0.2) is 41.5 Å². The van der Waals surface area contributed by atoms with Crippen molar-refractivity contribution in [2.45, 2.75) is 6.42 Å². The number of hydrazone groups is 1. The molecule has 2 N–H and O–H groups in total. The Morgan fingerprint density at radius 3 is 2.50 bits per heavy atom. The molecule has 2 aromatic rings. The van der Waals surface area contributed by atoms with Crippen LogP contribution in [0.5, 0.6) is 5.75 Å². The number of carbonyl (C=O) groups excluding carboxylic acids is 1. The maximum atomic E-state index is 11.7. The summed E-state index contributed by atoms with van der Waals surface area (Å²) in [5, 5.41) is 14.6. The Labute approximate surface area is 142 Å². The summed E-state index contributed by atoms with van der Waals surface area (Å²) in [5.41, 5.74) is 3.48. The summed E-state index contributed by atoms with van der Waals surface area (Å²) < 4.78 is 0.